The van der Waals surface area contributed by atoms with Crippen LogP contribution in [0.4, 0.5) is 0 Å². The van der Waals surface area contributed by atoms with Crippen LogP contribution in [0.2, 0.25) is 0 Å². The van der Waals surface area contributed by atoms with Gasteiger partial charge in [0, 0.05) is 38.6 Å². The Bertz CT molecular complexity index is 194. The van der Waals surface area contributed by atoms with E-state index in [1.165, 1.54) is 6.42 Å². The maximum atomic E-state index is 11.6. The smallest absolute Gasteiger partial charge is 0.223 e. The Morgan fingerprint density at radius 2 is 2.00 bits per heavy atom. The summed E-state index contributed by atoms with van der Waals surface area (Å²) < 4.78 is 0. The van der Waals surface area contributed by atoms with Gasteiger partial charge in [-0.05, 0) is 20.3 Å². The molecule has 0 N–H and O–H groups in total. The molecule has 1 rings (SSSR count). The summed E-state index contributed by atoms with van der Waals surface area (Å²) in [4.78, 5) is 16.0. The second-order valence-electron chi connectivity index (χ2n) is 4.02. The first-order chi connectivity index (χ1) is 6.69. The molecule has 1 atom stereocenters. The van der Waals surface area contributed by atoms with Crippen LogP contribution in [0.25, 0.3) is 0 Å². The number of hydrogen-bond acceptors (Lipinski definition) is 2. The molecule has 1 unspecified atom stereocenters. The maximum absolute atomic E-state index is 11.6. The third-order valence-corrected chi connectivity index (χ3v) is 3.22. The van der Waals surface area contributed by atoms with Gasteiger partial charge in [0.05, 0.1) is 0 Å². The predicted octanol–water partition coefficient (Wildman–Crippen LogP) is 1.34. The van der Waals surface area contributed by atoms with Crippen molar-refractivity contribution < 1.29 is 4.79 Å². The molecule has 0 aromatic heterocycles. The van der Waals surface area contributed by atoms with E-state index in [4.69, 9.17) is 0 Å². The molecule has 82 valence electrons. The molecule has 0 aromatic carbocycles. The van der Waals surface area contributed by atoms with Crippen LogP contribution in [0, 0.1) is 0 Å². The van der Waals surface area contributed by atoms with E-state index in [0.29, 0.717) is 18.4 Å². The van der Waals surface area contributed by atoms with Crippen molar-refractivity contribution in [3.05, 3.63) is 0 Å². The molecule has 0 bridgehead atoms. The second-order valence-corrected chi connectivity index (χ2v) is 4.02. The Kier molecular flexibility index (Phi) is 4.39. The Balaban J connectivity index is 2.51. The Hall–Kier alpha value is -0.570. The third kappa shape index (κ3) is 2.71. The first kappa shape index (κ1) is 11.5. The van der Waals surface area contributed by atoms with E-state index < -0.39 is 0 Å². The number of hydrogen-bond donors (Lipinski definition) is 0. The number of nitrogens with zero attached hydrogens (tertiary/aromatic N) is 2. The molecule has 0 saturated carbocycles. The molecule has 1 saturated heterocycles. The minimum Gasteiger partial charge on any atom is -0.342 e. The number of carbonyl (C=O) groups excluding carboxylic acids is 1. The molecule has 3 heteroatoms. The van der Waals surface area contributed by atoms with E-state index in [1.54, 1.807) is 0 Å². The van der Waals surface area contributed by atoms with Crippen LogP contribution >= 0.6 is 0 Å². The van der Waals surface area contributed by atoms with Crippen molar-refractivity contribution in [2.45, 2.75) is 39.7 Å². The molecule has 1 amide bonds. The molecule has 0 aliphatic carbocycles. The van der Waals surface area contributed by atoms with Gasteiger partial charge in [0.2, 0.25) is 5.91 Å². The monoisotopic (exact) mass is 198 g/mol. The van der Waals surface area contributed by atoms with Crippen LogP contribution in [-0.2, 0) is 4.79 Å². The first-order valence-electron chi connectivity index (χ1n) is 5.70. The van der Waals surface area contributed by atoms with Crippen molar-refractivity contribution in [3.8, 4) is 0 Å². The van der Waals surface area contributed by atoms with Crippen molar-refractivity contribution in [2.24, 2.45) is 0 Å². The van der Waals surface area contributed by atoms with Gasteiger partial charge in [0.25, 0.3) is 0 Å². The molecule has 0 radical (unpaired) electrons. The molecule has 3 nitrogen and oxygen atoms in total. The van der Waals surface area contributed by atoms with Crippen LogP contribution < -0.4 is 0 Å². The second kappa shape index (κ2) is 5.35. The molecule has 1 fully saturated rings. The molecule has 1 aliphatic heterocycles. The zero-order valence-electron chi connectivity index (χ0n) is 9.62. The maximum Gasteiger partial charge on any atom is 0.223 e. The van der Waals surface area contributed by atoms with Crippen LogP contribution in [0.3, 0.4) is 0 Å². The highest BCUT2D eigenvalue weighted by atomic mass is 16.2. The van der Waals surface area contributed by atoms with E-state index >= 15 is 0 Å². The largest absolute Gasteiger partial charge is 0.342 e. The standard InChI is InChI=1S/C11H22N2O/c1-4-10(3)13-7-6-11(14)12(5-2)8-9-13/h10H,4-9H2,1-3H3. The van der Waals surface area contributed by atoms with Gasteiger partial charge in [-0.2, -0.15) is 0 Å². The molecule has 14 heavy (non-hydrogen) atoms. The van der Waals surface area contributed by atoms with Crippen molar-refractivity contribution in [3.63, 3.8) is 0 Å². The Labute approximate surface area is 87.1 Å². The third-order valence-electron chi connectivity index (χ3n) is 3.22. The van der Waals surface area contributed by atoms with Gasteiger partial charge in [-0.3, -0.25) is 9.69 Å². The summed E-state index contributed by atoms with van der Waals surface area (Å²) >= 11 is 0. The van der Waals surface area contributed by atoms with E-state index in [9.17, 15) is 4.79 Å². The van der Waals surface area contributed by atoms with Crippen molar-refractivity contribution in [1.82, 2.24) is 9.80 Å². The molecule has 1 aliphatic rings. The number of likely N-dealkylation sites (N-methyl/N-ethyl adjacent to an activating group) is 1. The fraction of sp³-hybridized carbons (Fsp3) is 0.909. The normalized spacial score (nSPS) is 22.2. The topological polar surface area (TPSA) is 23.6 Å². The van der Waals surface area contributed by atoms with E-state index in [1.807, 2.05) is 4.90 Å². The van der Waals surface area contributed by atoms with Gasteiger partial charge in [-0.25, -0.2) is 0 Å². The predicted molar refractivity (Wildman–Crippen MR) is 58.2 cm³/mol. The summed E-state index contributed by atoms with van der Waals surface area (Å²) in [7, 11) is 0. The fourth-order valence-corrected chi connectivity index (χ4v) is 1.92. The lowest BCUT2D eigenvalue weighted by Crippen LogP contribution is -2.36. The average Bonchev–Trinajstić information content (AvgIpc) is 2.39. The summed E-state index contributed by atoms with van der Waals surface area (Å²) in [5, 5.41) is 0. The van der Waals surface area contributed by atoms with Gasteiger partial charge in [0.15, 0.2) is 0 Å². The van der Waals surface area contributed by atoms with Crippen molar-refractivity contribution in [2.75, 3.05) is 26.2 Å². The van der Waals surface area contributed by atoms with Gasteiger partial charge in [-0.1, -0.05) is 6.92 Å². The van der Waals surface area contributed by atoms with Crippen LogP contribution in [0.1, 0.15) is 33.6 Å². The minimum atomic E-state index is 0.318. The number of amides is 1. The highest BCUT2D eigenvalue weighted by Gasteiger charge is 2.21. The summed E-state index contributed by atoms with van der Waals surface area (Å²) in [5.74, 6) is 0.318. The van der Waals surface area contributed by atoms with E-state index in [0.717, 1.165) is 26.2 Å². The zero-order valence-corrected chi connectivity index (χ0v) is 9.62. The van der Waals surface area contributed by atoms with Crippen molar-refractivity contribution >= 4 is 5.91 Å². The summed E-state index contributed by atoms with van der Waals surface area (Å²) in [5.41, 5.74) is 0. The Morgan fingerprint density at radius 1 is 1.29 bits per heavy atom. The van der Waals surface area contributed by atoms with Crippen LogP contribution in [0.5, 0.6) is 0 Å². The van der Waals surface area contributed by atoms with E-state index in [2.05, 4.69) is 25.7 Å². The Morgan fingerprint density at radius 3 is 2.57 bits per heavy atom. The highest BCUT2D eigenvalue weighted by molar-refractivity contribution is 5.76. The number of rotatable bonds is 3. The quantitative estimate of drug-likeness (QED) is 0.683. The molecule has 0 spiro atoms. The lowest BCUT2D eigenvalue weighted by Gasteiger charge is -2.26. The first-order valence-corrected chi connectivity index (χ1v) is 5.70. The molecule has 1 heterocycles. The average molecular weight is 198 g/mol. The SMILES string of the molecule is CCC(C)N1CCC(=O)N(CC)CC1. The lowest BCUT2D eigenvalue weighted by molar-refractivity contribution is -0.130. The summed E-state index contributed by atoms with van der Waals surface area (Å²) in [6, 6.07) is 0.611. The zero-order chi connectivity index (χ0) is 10.6. The highest BCUT2D eigenvalue weighted by Crippen LogP contribution is 2.09. The number of carbonyl (C=O) groups is 1. The fourth-order valence-electron chi connectivity index (χ4n) is 1.92. The van der Waals surface area contributed by atoms with Gasteiger partial charge >= 0.3 is 0 Å². The van der Waals surface area contributed by atoms with Crippen LogP contribution in [0.15, 0.2) is 0 Å². The van der Waals surface area contributed by atoms with Crippen molar-refractivity contribution in [1.29, 1.82) is 0 Å². The molecular weight excluding hydrogens is 176 g/mol. The molecule has 0 aromatic rings. The van der Waals surface area contributed by atoms with Gasteiger partial charge < -0.3 is 4.90 Å². The van der Waals surface area contributed by atoms with E-state index in [-0.39, 0.29) is 0 Å². The summed E-state index contributed by atoms with van der Waals surface area (Å²) in [6.07, 6.45) is 1.86. The lowest BCUT2D eigenvalue weighted by atomic mass is 10.2. The summed E-state index contributed by atoms with van der Waals surface area (Å²) in [6.45, 7) is 10.2. The van der Waals surface area contributed by atoms with Gasteiger partial charge in [0.1, 0.15) is 0 Å². The molecular formula is C11H22N2O. The van der Waals surface area contributed by atoms with Gasteiger partial charge in [-0.15, -0.1) is 0 Å². The van der Waals surface area contributed by atoms with Crippen LogP contribution in [-0.4, -0.2) is 47.9 Å². The minimum absolute atomic E-state index is 0.318.